The van der Waals surface area contributed by atoms with Crippen molar-refractivity contribution in [3.05, 3.63) is 27.5 Å². The Hall–Kier alpha value is -1.51. The minimum atomic E-state index is -0.155. The van der Waals surface area contributed by atoms with E-state index in [4.69, 9.17) is 12.2 Å². The zero-order valence-electron chi connectivity index (χ0n) is 11.1. The van der Waals surface area contributed by atoms with Crippen LogP contribution in [0.4, 0.5) is 5.69 Å². The summed E-state index contributed by atoms with van der Waals surface area (Å²) in [5.41, 5.74) is 6.63. The van der Waals surface area contributed by atoms with Crippen LogP contribution in [-0.4, -0.2) is 11.9 Å². The molecule has 2 aromatic rings. The van der Waals surface area contributed by atoms with E-state index in [1.165, 1.54) is 11.3 Å². The Kier molecular flexibility index (Phi) is 4.69. The molecule has 104 valence electrons. The molecule has 0 spiro atoms. The van der Waals surface area contributed by atoms with E-state index in [2.05, 4.69) is 27.2 Å². The van der Waals surface area contributed by atoms with Gasteiger partial charge in [0.1, 0.15) is 4.88 Å². The number of hydrogen-bond acceptors (Lipinski definition) is 3. The van der Waals surface area contributed by atoms with Crippen molar-refractivity contribution in [3.8, 4) is 12.3 Å². The predicted octanol–water partition coefficient (Wildman–Crippen LogP) is 3.78. The summed E-state index contributed by atoms with van der Waals surface area (Å²) in [4.78, 5) is 12.9. The summed E-state index contributed by atoms with van der Waals surface area (Å²) >= 11 is 4.87. The van der Waals surface area contributed by atoms with Crippen molar-refractivity contribution in [2.24, 2.45) is 0 Å². The second-order valence-corrected chi connectivity index (χ2v) is 6.35. The largest absolute Gasteiger partial charge is 0.397 e. The molecule has 3 N–H and O–H groups in total. The number of benzene rings is 1. The number of nitrogens with two attached hydrogens (primary N) is 1. The highest BCUT2D eigenvalue weighted by atomic mass is 79.9. The van der Waals surface area contributed by atoms with Crippen LogP contribution in [0.3, 0.4) is 0 Å². The number of carbonyl (C=O) groups excluding carboxylic acids is 1. The van der Waals surface area contributed by atoms with Crippen LogP contribution in [0.5, 0.6) is 0 Å². The van der Waals surface area contributed by atoms with Crippen LogP contribution in [-0.2, 0) is 0 Å². The van der Waals surface area contributed by atoms with Crippen LogP contribution in [0.2, 0.25) is 0 Å². The van der Waals surface area contributed by atoms with Gasteiger partial charge >= 0.3 is 0 Å². The van der Waals surface area contributed by atoms with Crippen molar-refractivity contribution in [3.63, 3.8) is 0 Å². The summed E-state index contributed by atoms with van der Waals surface area (Å²) < 4.78 is 1.89. The van der Waals surface area contributed by atoms with Gasteiger partial charge in [-0.15, -0.1) is 23.7 Å². The fourth-order valence-electron chi connectivity index (χ4n) is 1.99. The molecule has 1 amide bonds. The fourth-order valence-corrected chi connectivity index (χ4v) is 3.75. The number of amides is 1. The summed E-state index contributed by atoms with van der Waals surface area (Å²) in [5.74, 6) is 2.42. The molecule has 0 saturated carbocycles. The highest BCUT2D eigenvalue weighted by Crippen LogP contribution is 2.38. The first-order valence-corrected chi connectivity index (χ1v) is 7.90. The fraction of sp³-hybridized carbons (Fsp3) is 0.267. The molecule has 3 nitrogen and oxygen atoms in total. The number of thiophene rings is 1. The highest BCUT2D eigenvalue weighted by Gasteiger charge is 2.19. The lowest BCUT2D eigenvalue weighted by Crippen LogP contribution is -2.33. The second-order valence-electron chi connectivity index (χ2n) is 4.44. The van der Waals surface area contributed by atoms with E-state index in [1.54, 1.807) is 0 Å². The van der Waals surface area contributed by atoms with Crippen LogP contribution in [0.15, 0.2) is 22.7 Å². The quantitative estimate of drug-likeness (QED) is 0.824. The number of nitrogens with one attached hydrogen (secondary N) is 1. The smallest absolute Gasteiger partial charge is 0.263 e. The molecular weight excluding hydrogens is 336 g/mol. The van der Waals surface area contributed by atoms with Crippen LogP contribution in [0.25, 0.3) is 10.1 Å². The Morgan fingerprint density at radius 1 is 1.60 bits per heavy atom. The Morgan fingerprint density at radius 2 is 2.35 bits per heavy atom. The van der Waals surface area contributed by atoms with E-state index in [0.717, 1.165) is 21.0 Å². The monoisotopic (exact) mass is 350 g/mol. The summed E-state index contributed by atoms with van der Waals surface area (Å²) in [5, 5.41) is 3.83. The van der Waals surface area contributed by atoms with Crippen LogP contribution in [0, 0.1) is 12.3 Å². The highest BCUT2D eigenvalue weighted by molar-refractivity contribution is 9.10. The minimum Gasteiger partial charge on any atom is -0.397 e. The first-order valence-electron chi connectivity index (χ1n) is 6.29. The van der Waals surface area contributed by atoms with Crippen molar-refractivity contribution in [2.45, 2.75) is 25.8 Å². The number of hydrogen-bond donors (Lipinski definition) is 2. The topological polar surface area (TPSA) is 55.1 Å². The third-order valence-corrected chi connectivity index (χ3v) is 4.93. The predicted molar refractivity (Wildman–Crippen MR) is 88.9 cm³/mol. The second kappa shape index (κ2) is 6.29. The lowest BCUT2D eigenvalue weighted by Gasteiger charge is -2.13. The molecule has 0 saturated heterocycles. The van der Waals surface area contributed by atoms with Gasteiger partial charge in [-0.2, -0.15) is 0 Å². The molecule has 0 aliphatic rings. The van der Waals surface area contributed by atoms with E-state index in [0.29, 0.717) is 17.0 Å². The lowest BCUT2D eigenvalue weighted by molar-refractivity contribution is 0.0941. The normalized spacial score (nSPS) is 12.1. The summed E-state index contributed by atoms with van der Waals surface area (Å²) in [6.07, 6.45) is 6.62. The molecule has 0 aliphatic heterocycles. The molecule has 0 aliphatic carbocycles. The zero-order valence-corrected chi connectivity index (χ0v) is 13.5. The van der Waals surface area contributed by atoms with Gasteiger partial charge in [-0.05, 0) is 18.6 Å². The molecule has 2 rings (SSSR count). The maximum atomic E-state index is 12.3. The molecule has 1 unspecified atom stereocenters. The Morgan fingerprint density at radius 3 is 2.95 bits per heavy atom. The molecule has 0 radical (unpaired) electrons. The summed E-state index contributed by atoms with van der Waals surface area (Å²) in [6, 6.07) is 5.79. The third kappa shape index (κ3) is 2.82. The molecule has 0 bridgehead atoms. The molecule has 20 heavy (non-hydrogen) atoms. The minimum absolute atomic E-state index is 0.0134. The first kappa shape index (κ1) is 14.9. The molecular formula is C15H15BrN2OS. The first-order chi connectivity index (χ1) is 9.58. The Labute approximate surface area is 130 Å². The average molecular weight is 351 g/mol. The number of fused-ring (bicyclic) bond motifs is 1. The number of carbonyl (C=O) groups is 1. The van der Waals surface area contributed by atoms with Gasteiger partial charge in [-0.25, -0.2) is 0 Å². The molecule has 1 heterocycles. The molecule has 1 aromatic heterocycles. The van der Waals surface area contributed by atoms with Gasteiger partial charge in [0.05, 0.1) is 5.69 Å². The van der Waals surface area contributed by atoms with Crippen LogP contribution >= 0.6 is 27.3 Å². The number of halogens is 1. The molecule has 5 heteroatoms. The average Bonchev–Trinajstić information content (AvgIpc) is 2.77. The van der Waals surface area contributed by atoms with Gasteiger partial charge in [-0.3, -0.25) is 4.79 Å². The van der Waals surface area contributed by atoms with E-state index >= 15 is 0 Å². The number of anilines is 1. The van der Waals surface area contributed by atoms with Crippen molar-refractivity contribution < 1.29 is 4.79 Å². The standard InChI is InChI=1S/C15H15BrN2OS/c1-3-6-9(4-2)18-15(19)14-13(17)12-10(16)7-5-8-11(12)20-14/h1,5,7-9H,4,6,17H2,2H3,(H,18,19). The van der Waals surface area contributed by atoms with Gasteiger partial charge in [0.25, 0.3) is 5.91 Å². The number of terminal acetylenes is 1. The number of nitrogen functional groups attached to an aromatic ring is 1. The van der Waals surface area contributed by atoms with Gasteiger partial charge < -0.3 is 11.1 Å². The Bertz CT molecular complexity index is 687. The number of rotatable bonds is 4. The lowest BCUT2D eigenvalue weighted by atomic mass is 10.1. The van der Waals surface area contributed by atoms with E-state index in [9.17, 15) is 4.79 Å². The van der Waals surface area contributed by atoms with Crippen LogP contribution in [0.1, 0.15) is 29.4 Å². The molecule has 1 aromatic carbocycles. The van der Waals surface area contributed by atoms with Gasteiger partial charge in [-0.1, -0.05) is 28.9 Å². The Balaban J connectivity index is 2.34. The zero-order chi connectivity index (χ0) is 14.7. The van der Waals surface area contributed by atoms with Crippen molar-refractivity contribution in [1.29, 1.82) is 0 Å². The van der Waals surface area contributed by atoms with Crippen molar-refractivity contribution >= 4 is 48.9 Å². The molecule has 1 atom stereocenters. The van der Waals surface area contributed by atoms with E-state index < -0.39 is 0 Å². The van der Waals surface area contributed by atoms with Gasteiger partial charge in [0.15, 0.2) is 0 Å². The van der Waals surface area contributed by atoms with Gasteiger partial charge in [0.2, 0.25) is 0 Å². The van der Waals surface area contributed by atoms with E-state index in [-0.39, 0.29) is 11.9 Å². The summed E-state index contributed by atoms with van der Waals surface area (Å²) in [7, 11) is 0. The third-order valence-electron chi connectivity index (χ3n) is 3.10. The van der Waals surface area contributed by atoms with Crippen molar-refractivity contribution in [1.82, 2.24) is 5.32 Å². The van der Waals surface area contributed by atoms with Gasteiger partial charge in [0, 0.05) is 27.0 Å². The maximum Gasteiger partial charge on any atom is 0.263 e. The SMILES string of the molecule is C#CCC(CC)NC(=O)c1sc2cccc(Br)c2c1N. The van der Waals surface area contributed by atoms with Crippen molar-refractivity contribution in [2.75, 3.05) is 5.73 Å². The maximum absolute atomic E-state index is 12.3. The van der Waals surface area contributed by atoms with Crippen LogP contribution < -0.4 is 11.1 Å². The molecule has 0 fully saturated rings. The van der Waals surface area contributed by atoms with E-state index in [1.807, 2.05) is 25.1 Å². The summed E-state index contributed by atoms with van der Waals surface area (Å²) in [6.45, 7) is 1.99.